The number of benzene rings is 1. The third-order valence-corrected chi connectivity index (χ3v) is 4.54. The van der Waals surface area contributed by atoms with Crippen LogP contribution in [0.2, 0.25) is 0 Å². The minimum absolute atomic E-state index is 0.0672. The van der Waals surface area contributed by atoms with Gasteiger partial charge in [-0.1, -0.05) is 0 Å². The van der Waals surface area contributed by atoms with E-state index in [1.54, 1.807) is 49.3 Å². The van der Waals surface area contributed by atoms with Gasteiger partial charge < -0.3 is 14.8 Å². The molecule has 0 saturated heterocycles. The standard InChI is InChI=1S/C19H18BrN3O4/c1-11-15(24)5-4-14-12(7-18(26)27-19(11)14)9-23(2)10-17(25)22-16-6-3-13(20)8-21-16/h3-8,24H,9-10H2,1-2H3,(H,21,22,25). The van der Waals surface area contributed by atoms with Gasteiger partial charge in [-0.3, -0.25) is 9.69 Å². The molecule has 2 aromatic heterocycles. The number of aromatic nitrogens is 1. The Kier molecular flexibility index (Phi) is 5.57. The van der Waals surface area contributed by atoms with Crippen LogP contribution in [-0.4, -0.2) is 34.5 Å². The van der Waals surface area contributed by atoms with E-state index in [1.165, 1.54) is 6.07 Å². The second-order valence-electron chi connectivity index (χ2n) is 6.26. The number of carbonyl (C=O) groups is 1. The van der Waals surface area contributed by atoms with Gasteiger partial charge in [-0.2, -0.15) is 0 Å². The van der Waals surface area contributed by atoms with Gasteiger partial charge in [0.15, 0.2) is 0 Å². The van der Waals surface area contributed by atoms with Crippen molar-refractivity contribution >= 4 is 38.6 Å². The Morgan fingerprint density at radius 3 is 2.81 bits per heavy atom. The van der Waals surface area contributed by atoms with Crippen LogP contribution in [0.4, 0.5) is 5.82 Å². The van der Waals surface area contributed by atoms with E-state index in [0.717, 1.165) is 15.4 Å². The van der Waals surface area contributed by atoms with Gasteiger partial charge in [-0.05, 0) is 59.7 Å². The Morgan fingerprint density at radius 2 is 2.11 bits per heavy atom. The molecule has 0 spiro atoms. The molecule has 0 radical (unpaired) electrons. The number of amides is 1. The van der Waals surface area contributed by atoms with Crippen molar-refractivity contribution in [1.82, 2.24) is 9.88 Å². The molecule has 1 aromatic carbocycles. The fourth-order valence-electron chi connectivity index (χ4n) is 2.77. The normalized spacial score (nSPS) is 11.1. The highest BCUT2D eigenvalue weighted by molar-refractivity contribution is 9.10. The number of likely N-dealkylation sites (N-methyl/N-ethyl adjacent to an activating group) is 1. The number of fused-ring (bicyclic) bond motifs is 1. The fourth-order valence-corrected chi connectivity index (χ4v) is 3.01. The average Bonchev–Trinajstić information content (AvgIpc) is 2.60. The lowest BCUT2D eigenvalue weighted by Gasteiger charge is -2.17. The van der Waals surface area contributed by atoms with E-state index in [2.05, 4.69) is 26.2 Å². The summed E-state index contributed by atoms with van der Waals surface area (Å²) in [6.45, 7) is 2.18. The number of hydrogen-bond acceptors (Lipinski definition) is 6. The SMILES string of the molecule is Cc1c(O)ccc2c(CN(C)CC(=O)Nc3ccc(Br)cn3)cc(=O)oc12. The predicted octanol–water partition coefficient (Wildman–Crippen LogP) is 3.04. The predicted molar refractivity (Wildman–Crippen MR) is 106 cm³/mol. The summed E-state index contributed by atoms with van der Waals surface area (Å²) in [6.07, 6.45) is 1.60. The molecule has 0 unspecified atom stereocenters. The Balaban J connectivity index is 1.75. The van der Waals surface area contributed by atoms with Crippen LogP contribution in [0.15, 0.2) is 50.2 Å². The number of anilines is 1. The van der Waals surface area contributed by atoms with E-state index in [0.29, 0.717) is 23.5 Å². The van der Waals surface area contributed by atoms with Gasteiger partial charge in [0, 0.05) is 34.2 Å². The smallest absolute Gasteiger partial charge is 0.336 e. The molecule has 0 aliphatic heterocycles. The van der Waals surface area contributed by atoms with Crippen molar-refractivity contribution in [3.8, 4) is 5.75 Å². The van der Waals surface area contributed by atoms with Crippen LogP contribution < -0.4 is 10.9 Å². The van der Waals surface area contributed by atoms with Gasteiger partial charge in [0.2, 0.25) is 5.91 Å². The Morgan fingerprint density at radius 1 is 1.33 bits per heavy atom. The number of phenolic OH excluding ortho intramolecular Hbond substituents is 1. The van der Waals surface area contributed by atoms with E-state index < -0.39 is 5.63 Å². The molecule has 1 amide bonds. The first-order valence-corrected chi connectivity index (χ1v) is 8.98. The molecule has 0 aliphatic carbocycles. The van der Waals surface area contributed by atoms with Crippen molar-refractivity contribution in [2.75, 3.05) is 18.9 Å². The third-order valence-electron chi connectivity index (χ3n) is 4.07. The Bertz CT molecular complexity index is 1050. The van der Waals surface area contributed by atoms with E-state index in [4.69, 9.17) is 4.42 Å². The lowest BCUT2D eigenvalue weighted by atomic mass is 10.1. The monoisotopic (exact) mass is 431 g/mol. The molecule has 0 aliphatic rings. The summed E-state index contributed by atoms with van der Waals surface area (Å²) in [4.78, 5) is 30.0. The molecule has 8 heteroatoms. The number of aromatic hydroxyl groups is 1. The quantitative estimate of drug-likeness (QED) is 0.602. The maximum Gasteiger partial charge on any atom is 0.336 e. The Labute approximate surface area is 163 Å². The van der Waals surface area contributed by atoms with Gasteiger partial charge in [-0.25, -0.2) is 9.78 Å². The highest BCUT2D eigenvalue weighted by atomic mass is 79.9. The summed E-state index contributed by atoms with van der Waals surface area (Å²) in [6, 6.07) is 8.17. The number of hydrogen-bond donors (Lipinski definition) is 2. The Hall–Kier alpha value is -2.71. The molecule has 3 rings (SSSR count). The molecule has 7 nitrogen and oxygen atoms in total. The van der Waals surface area contributed by atoms with Crippen LogP contribution in [0.1, 0.15) is 11.1 Å². The molecule has 3 aromatic rings. The van der Waals surface area contributed by atoms with E-state index >= 15 is 0 Å². The summed E-state index contributed by atoms with van der Waals surface area (Å²) in [7, 11) is 1.78. The van der Waals surface area contributed by atoms with Crippen molar-refractivity contribution in [3.63, 3.8) is 0 Å². The fraction of sp³-hybridized carbons (Fsp3) is 0.211. The summed E-state index contributed by atoms with van der Waals surface area (Å²) in [5, 5.41) is 13.3. The number of rotatable bonds is 5. The van der Waals surface area contributed by atoms with Crippen molar-refractivity contribution in [2.45, 2.75) is 13.5 Å². The molecular formula is C19H18BrN3O4. The van der Waals surface area contributed by atoms with Crippen molar-refractivity contribution in [2.24, 2.45) is 0 Å². The zero-order chi connectivity index (χ0) is 19.6. The summed E-state index contributed by atoms with van der Waals surface area (Å²) in [5.74, 6) is 0.319. The van der Waals surface area contributed by atoms with E-state index in [-0.39, 0.29) is 18.2 Å². The van der Waals surface area contributed by atoms with Gasteiger partial charge in [0.05, 0.1) is 6.54 Å². The van der Waals surface area contributed by atoms with Crippen LogP contribution in [0.25, 0.3) is 11.0 Å². The van der Waals surface area contributed by atoms with Crippen LogP contribution in [0, 0.1) is 6.92 Å². The zero-order valence-electron chi connectivity index (χ0n) is 14.8. The summed E-state index contributed by atoms with van der Waals surface area (Å²) in [5.41, 5.74) is 1.09. The molecule has 0 fully saturated rings. The minimum Gasteiger partial charge on any atom is -0.508 e. The second kappa shape index (κ2) is 7.89. The van der Waals surface area contributed by atoms with Gasteiger partial charge in [-0.15, -0.1) is 0 Å². The number of halogens is 1. The highest BCUT2D eigenvalue weighted by Gasteiger charge is 2.14. The summed E-state index contributed by atoms with van der Waals surface area (Å²) >= 11 is 3.29. The van der Waals surface area contributed by atoms with Gasteiger partial charge in [0.25, 0.3) is 0 Å². The zero-order valence-corrected chi connectivity index (χ0v) is 16.4. The molecule has 0 saturated carbocycles. The number of aryl methyl sites for hydroxylation is 1. The first-order chi connectivity index (χ1) is 12.8. The average molecular weight is 432 g/mol. The van der Waals surface area contributed by atoms with E-state index in [1.807, 2.05) is 0 Å². The molecule has 2 heterocycles. The first-order valence-electron chi connectivity index (χ1n) is 8.19. The van der Waals surface area contributed by atoms with Crippen molar-refractivity contribution in [1.29, 1.82) is 0 Å². The number of carbonyl (C=O) groups excluding carboxylic acids is 1. The molecular weight excluding hydrogens is 414 g/mol. The van der Waals surface area contributed by atoms with Gasteiger partial charge >= 0.3 is 5.63 Å². The first kappa shape index (κ1) is 19.1. The van der Waals surface area contributed by atoms with Crippen molar-refractivity contribution in [3.05, 3.63) is 62.5 Å². The molecule has 27 heavy (non-hydrogen) atoms. The highest BCUT2D eigenvalue weighted by Crippen LogP contribution is 2.27. The van der Waals surface area contributed by atoms with Crippen LogP contribution in [0.5, 0.6) is 5.75 Å². The second-order valence-corrected chi connectivity index (χ2v) is 7.17. The molecule has 0 bridgehead atoms. The van der Waals surface area contributed by atoms with Crippen LogP contribution in [0.3, 0.4) is 0 Å². The lowest BCUT2D eigenvalue weighted by molar-refractivity contribution is -0.117. The molecule has 0 atom stereocenters. The van der Waals surface area contributed by atoms with Crippen LogP contribution >= 0.6 is 15.9 Å². The number of nitrogens with one attached hydrogen (secondary N) is 1. The largest absolute Gasteiger partial charge is 0.508 e. The van der Waals surface area contributed by atoms with Crippen molar-refractivity contribution < 1.29 is 14.3 Å². The minimum atomic E-state index is -0.497. The summed E-state index contributed by atoms with van der Waals surface area (Å²) < 4.78 is 6.07. The molecule has 140 valence electrons. The number of nitrogens with zero attached hydrogens (tertiary/aromatic N) is 2. The van der Waals surface area contributed by atoms with Gasteiger partial charge in [0.1, 0.15) is 17.2 Å². The number of pyridine rings is 1. The molecule has 2 N–H and O–H groups in total. The third kappa shape index (κ3) is 4.53. The maximum absolute atomic E-state index is 12.2. The topological polar surface area (TPSA) is 95.7 Å². The van der Waals surface area contributed by atoms with E-state index in [9.17, 15) is 14.7 Å². The maximum atomic E-state index is 12.2. The lowest BCUT2D eigenvalue weighted by Crippen LogP contribution is -2.30. The number of phenols is 1. The van der Waals surface area contributed by atoms with Crippen LogP contribution in [-0.2, 0) is 11.3 Å².